The molecule has 0 fully saturated rings. The van der Waals surface area contributed by atoms with Crippen LogP contribution in [-0.4, -0.2) is 11.5 Å². The van der Waals surface area contributed by atoms with Crippen molar-refractivity contribution in [1.29, 1.82) is 10.5 Å². The highest BCUT2D eigenvalue weighted by Gasteiger charge is 2.17. The summed E-state index contributed by atoms with van der Waals surface area (Å²) in [4.78, 5) is 0. The number of thioether (sulfide) groups is 1. The molecule has 0 amide bonds. The molecule has 0 aromatic rings. The van der Waals surface area contributed by atoms with Crippen molar-refractivity contribution in [3.05, 3.63) is 0 Å². The third-order valence-electron chi connectivity index (χ3n) is 3.40. The van der Waals surface area contributed by atoms with Crippen LogP contribution in [0.25, 0.3) is 0 Å². The molecule has 2 nitrogen and oxygen atoms in total. The van der Waals surface area contributed by atoms with Gasteiger partial charge in [0.1, 0.15) is 0 Å². The van der Waals surface area contributed by atoms with Crippen molar-refractivity contribution in [2.45, 2.75) is 66.2 Å². The normalized spacial score (nSPS) is 11.9. The van der Waals surface area contributed by atoms with Crippen LogP contribution >= 0.6 is 11.8 Å². The summed E-state index contributed by atoms with van der Waals surface area (Å²) in [6, 6.07) is 4.53. The molecule has 0 unspecified atom stereocenters. The van der Waals surface area contributed by atoms with Crippen molar-refractivity contribution in [3.63, 3.8) is 0 Å². The third-order valence-corrected chi connectivity index (χ3v) is 4.55. The molecule has 0 saturated carbocycles. The predicted octanol–water partition coefficient (Wildman–Crippen LogP) is 5.16. The molecular weight excluding hydrogens is 252 g/mol. The van der Waals surface area contributed by atoms with Gasteiger partial charge in [0.2, 0.25) is 0 Å². The van der Waals surface area contributed by atoms with Gasteiger partial charge < -0.3 is 0 Å². The smallest absolute Gasteiger partial charge is 0.0627 e. The molecule has 0 heterocycles. The van der Waals surface area contributed by atoms with E-state index in [1.54, 1.807) is 0 Å². The van der Waals surface area contributed by atoms with Crippen molar-refractivity contribution < 1.29 is 0 Å². The van der Waals surface area contributed by atoms with E-state index in [1.807, 2.05) is 11.8 Å². The van der Waals surface area contributed by atoms with Gasteiger partial charge in [-0.05, 0) is 48.0 Å². The van der Waals surface area contributed by atoms with Gasteiger partial charge in [-0.15, -0.1) is 0 Å². The fourth-order valence-electron chi connectivity index (χ4n) is 2.01. The van der Waals surface area contributed by atoms with Gasteiger partial charge in [-0.1, -0.05) is 27.7 Å². The number of hydrogen-bond acceptors (Lipinski definition) is 3. The van der Waals surface area contributed by atoms with Crippen molar-refractivity contribution in [3.8, 4) is 12.1 Å². The second-order valence-electron chi connectivity index (χ2n) is 6.82. The highest BCUT2D eigenvalue weighted by molar-refractivity contribution is 7.99. The van der Waals surface area contributed by atoms with Gasteiger partial charge >= 0.3 is 0 Å². The van der Waals surface area contributed by atoms with E-state index < -0.39 is 0 Å². The van der Waals surface area contributed by atoms with E-state index in [-0.39, 0.29) is 10.8 Å². The summed E-state index contributed by atoms with van der Waals surface area (Å²) >= 11 is 2.00. The van der Waals surface area contributed by atoms with E-state index in [1.165, 1.54) is 24.3 Å². The average Bonchev–Trinajstić information content (AvgIpc) is 2.27. The van der Waals surface area contributed by atoms with Crippen LogP contribution in [0.15, 0.2) is 0 Å². The van der Waals surface area contributed by atoms with E-state index in [9.17, 15) is 0 Å². The lowest BCUT2D eigenvalue weighted by Gasteiger charge is -2.21. The first kappa shape index (κ1) is 18.3. The molecule has 0 N–H and O–H groups in total. The lowest BCUT2D eigenvalue weighted by atomic mass is 9.85. The quantitative estimate of drug-likeness (QED) is 0.519. The predicted molar refractivity (Wildman–Crippen MR) is 83.8 cm³/mol. The lowest BCUT2D eigenvalue weighted by molar-refractivity contribution is 0.340. The summed E-state index contributed by atoms with van der Waals surface area (Å²) in [5, 5.41) is 17.4. The molecule has 0 aromatic heterocycles. The Labute approximate surface area is 123 Å². The van der Waals surface area contributed by atoms with Crippen molar-refractivity contribution >= 4 is 11.8 Å². The van der Waals surface area contributed by atoms with E-state index in [0.717, 1.165) is 12.8 Å². The summed E-state index contributed by atoms with van der Waals surface area (Å²) in [6.45, 7) is 8.69. The topological polar surface area (TPSA) is 47.6 Å². The molecule has 0 rings (SSSR count). The third kappa shape index (κ3) is 10.9. The largest absolute Gasteiger partial charge is 0.198 e. The Kier molecular flexibility index (Phi) is 8.94. The highest BCUT2D eigenvalue weighted by Crippen LogP contribution is 2.28. The Morgan fingerprint density at radius 3 is 1.47 bits per heavy atom. The number of nitrogens with zero attached hydrogens (tertiary/aromatic N) is 2. The zero-order chi connectivity index (χ0) is 14.8. The maximum atomic E-state index is 8.72. The van der Waals surface area contributed by atoms with Gasteiger partial charge in [-0.25, -0.2) is 0 Å². The molecule has 3 heteroatoms. The second-order valence-corrected chi connectivity index (χ2v) is 8.04. The fraction of sp³-hybridized carbons (Fsp3) is 0.875. The zero-order valence-corrected chi connectivity index (χ0v) is 13.8. The molecule has 0 aliphatic carbocycles. The standard InChI is InChI=1S/C16H28N2S/c1-15(2,9-11-17)7-5-13-19-14-6-8-16(3,4)10-12-18/h5-10,13-14H2,1-4H3. The van der Waals surface area contributed by atoms with Gasteiger partial charge in [-0.3, -0.25) is 0 Å². The Balaban J connectivity index is 3.52. The molecular formula is C16H28N2S. The van der Waals surface area contributed by atoms with Crippen LogP contribution in [-0.2, 0) is 0 Å². The minimum absolute atomic E-state index is 0.171. The minimum Gasteiger partial charge on any atom is -0.198 e. The van der Waals surface area contributed by atoms with Crippen molar-refractivity contribution in [2.75, 3.05) is 11.5 Å². The van der Waals surface area contributed by atoms with Gasteiger partial charge in [0.25, 0.3) is 0 Å². The zero-order valence-electron chi connectivity index (χ0n) is 13.0. The lowest BCUT2D eigenvalue weighted by Crippen LogP contribution is -2.11. The monoisotopic (exact) mass is 280 g/mol. The maximum absolute atomic E-state index is 8.72. The summed E-state index contributed by atoms with van der Waals surface area (Å²) in [5.74, 6) is 2.38. The summed E-state index contributed by atoms with van der Waals surface area (Å²) in [5.41, 5.74) is 0.341. The first-order chi connectivity index (χ1) is 8.83. The molecule has 19 heavy (non-hydrogen) atoms. The Morgan fingerprint density at radius 1 is 0.789 bits per heavy atom. The second kappa shape index (κ2) is 9.27. The Bertz CT molecular complexity index is 289. The summed E-state index contributed by atoms with van der Waals surface area (Å²) in [7, 11) is 0. The van der Waals surface area contributed by atoms with Crippen LogP contribution in [0.1, 0.15) is 66.2 Å². The molecule has 0 bridgehead atoms. The SMILES string of the molecule is CC(C)(CC#N)CCCSCCCC(C)(C)CC#N. The minimum atomic E-state index is 0.171. The first-order valence-corrected chi connectivity index (χ1v) is 8.30. The number of nitriles is 2. The number of hydrogen-bond donors (Lipinski definition) is 0. The van der Waals surface area contributed by atoms with Crippen LogP contribution < -0.4 is 0 Å². The average molecular weight is 280 g/mol. The maximum Gasteiger partial charge on any atom is 0.0627 e. The van der Waals surface area contributed by atoms with E-state index in [0.29, 0.717) is 12.8 Å². The molecule has 108 valence electrons. The molecule has 0 saturated heterocycles. The molecule has 0 aliphatic rings. The first-order valence-electron chi connectivity index (χ1n) is 7.15. The van der Waals surface area contributed by atoms with Crippen molar-refractivity contribution in [1.82, 2.24) is 0 Å². The van der Waals surface area contributed by atoms with Crippen LogP contribution in [0.3, 0.4) is 0 Å². The van der Waals surface area contributed by atoms with E-state index in [4.69, 9.17) is 10.5 Å². The van der Waals surface area contributed by atoms with Gasteiger partial charge in [0, 0.05) is 12.8 Å². The van der Waals surface area contributed by atoms with Crippen molar-refractivity contribution in [2.24, 2.45) is 10.8 Å². The van der Waals surface area contributed by atoms with Gasteiger partial charge in [0.15, 0.2) is 0 Å². The molecule has 0 spiro atoms. The van der Waals surface area contributed by atoms with E-state index >= 15 is 0 Å². The Morgan fingerprint density at radius 2 is 1.16 bits per heavy atom. The molecule has 0 radical (unpaired) electrons. The van der Waals surface area contributed by atoms with Crippen LogP contribution in [0.5, 0.6) is 0 Å². The molecule has 0 atom stereocenters. The summed E-state index contributed by atoms with van der Waals surface area (Å²) in [6.07, 6.45) is 5.96. The van der Waals surface area contributed by atoms with Crippen LogP contribution in [0.2, 0.25) is 0 Å². The van der Waals surface area contributed by atoms with Crippen LogP contribution in [0.4, 0.5) is 0 Å². The van der Waals surface area contributed by atoms with Crippen LogP contribution in [0, 0.1) is 33.5 Å². The number of rotatable bonds is 10. The molecule has 0 aromatic carbocycles. The Hall–Kier alpha value is -0.670. The van der Waals surface area contributed by atoms with Gasteiger partial charge in [0.05, 0.1) is 12.1 Å². The fourth-order valence-corrected chi connectivity index (χ4v) is 2.91. The van der Waals surface area contributed by atoms with E-state index in [2.05, 4.69) is 39.8 Å². The van der Waals surface area contributed by atoms with Gasteiger partial charge in [-0.2, -0.15) is 22.3 Å². The summed E-state index contributed by atoms with van der Waals surface area (Å²) < 4.78 is 0. The molecule has 0 aliphatic heterocycles. The highest BCUT2D eigenvalue weighted by atomic mass is 32.2.